The third kappa shape index (κ3) is 6.81. The van der Waals surface area contributed by atoms with Crippen LogP contribution in [0.1, 0.15) is 80.0 Å². The van der Waals surface area contributed by atoms with Gasteiger partial charge >= 0.3 is 0 Å². The van der Waals surface area contributed by atoms with Gasteiger partial charge in [0.2, 0.25) is 5.82 Å². The van der Waals surface area contributed by atoms with Crippen LogP contribution in [0, 0.1) is 36.0 Å². The highest BCUT2D eigenvalue weighted by atomic mass is 19.2. The van der Waals surface area contributed by atoms with Gasteiger partial charge in [-0.15, -0.1) is 0 Å². The van der Waals surface area contributed by atoms with E-state index in [4.69, 9.17) is 9.47 Å². The van der Waals surface area contributed by atoms with E-state index in [2.05, 4.69) is 6.92 Å². The molecule has 1 unspecified atom stereocenters. The van der Waals surface area contributed by atoms with Crippen molar-refractivity contribution in [1.82, 2.24) is 0 Å². The molecule has 3 aromatic carbocycles. The monoisotopic (exact) mass is 544 g/mol. The molecule has 0 aromatic heterocycles. The quantitative estimate of drug-likeness (QED) is 0.177. The van der Waals surface area contributed by atoms with Crippen LogP contribution in [0.4, 0.5) is 22.0 Å². The summed E-state index contributed by atoms with van der Waals surface area (Å²) in [4.78, 5) is 0. The Morgan fingerprint density at radius 1 is 0.821 bits per heavy atom. The van der Waals surface area contributed by atoms with Crippen molar-refractivity contribution in [2.45, 2.75) is 71.3 Å². The van der Waals surface area contributed by atoms with Crippen LogP contribution in [0.2, 0.25) is 0 Å². The van der Waals surface area contributed by atoms with Crippen LogP contribution in [0.25, 0.3) is 5.57 Å². The highest BCUT2D eigenvalue weighted by Crippen LogP contribution is 2.39. The highest BCUT2D eigenvalue weighted by Gasteiger charge is 2.23. The molecule has 0 saturated heterocycles. The Kier molecular flexibility index (Phi) is 9.65. The van der Waals surface area contributed by atoms with Gasteiger partial charge in [0.05, 0.1) is 6.61 Å². The number of rotatable bonds is 11. The van der Waals surface area contributed by atoms with Crippen molar-refractivity contribution in [2.24, 2.45) is 0 Å². The Hall–Kier alpha value is -3.35. The minimum absolute atomic E-state index is 0.00359. The van der Waals surface area contributed by atoms with Crippen molar-refractivity contribution in [3.63, 3.8) is 0 Å². The number of ether oxygens (including phenoxy) is 2. The number of halogens is 5. The van der Waals surface area contributed by atoms with E-state index in [0.29, 0.717) is 37.0 Å². The van der Waals surface area contributed by atoms with Crippen molar-refractivity contribution in [1.29, 1.82) is 0 Å². The molecule has 1 aliphatic carbocycles. The highest BCUT2D eigenvalue weighted by molar-refractivity contribution is 5.67. The summed E-state index contributed by atoms with van der Waals surface area (Å²) in [6.45, 7) is 3.65. The second kappa shape index (κ2) is 13.1. The summed E-state index contributed by atoms with van der Waals surface area (Å²) in [6.07, 6.45) is 7.26. The molecule has 0 N–H and O–H groups in total. The predicted octanol–water partition coefficient (Wildman–Crippen LogP) is 9.58. The Balaban J connectivity index is 1.36. The lowest BCUT2D eigenvalue weighted by atomic mass is 9.82. The van der Waals surface area contributed by atoms with Crippen molar-refractivity contribution >= 4 is 5.57 Å². The third-order valence-electron chi connectivity index (χ3n) is 7.22. The van der Waals surface area contributed by atoms with E-state index in [1.807, 2.05) is 6.08 Å². The van der Waals surface area contributed by atoms with Crippen LogP contribution in [0.5, 0.6) is 11.5 Å². The van der Waals surface area contributed by atoms with Crippen molar-refractivity contribution < 1.29 is 31.4 Å². The fraction of sp³-hybridized carbons (Fsp3) is 0.375. The lowest BCUT2D eigenvalue weighted by Crippen LogP contribution is -2.08. The van der Waals surface area contributed by atoms with E-state index in [1.54, 1.807) is 24.3 Å². The molecule has 0 bridgehead atoms. The molecule has 7 heteroatoms. The molecule has 0 aliphatic heterocycles. The molecule has 0 saturated carbocycles. The SMILES string of the molecule is CCCCCCOc1ccc(COc2ccc(C3=CCC(c4ccc(C)c(F)c4F)CC3)c(F)c2)c(F)c1F. The lowest BCUT2D eigenvalue weighted by molar-refractivity contribution is 0.276. The molecule has 0 radical (unpaired) electrons. The Morgan fingerprint density at radius 2 is 1.64 bits per heavy atom. The molecule has 3 aromatic rings. The maximum atomic E-state index is 15.0. The van der Waals surface area contributed by atoms with Crippen LogP contribution in [-0.4, -0.2) is 6.61 Å². The van der Waals surface area contributed by atoms with E-state index in [9.17, 15) is 22.0 Å². The second-order valence-corrected chi connectivity index (χ2v) is 9.99. The molecule has 2 nitrogen and oxygen atoms in total. The van der Waals surface area contributed by atoms with Crippen LogP contribution in [0.15, 0.2) is 48.5 Å². The Morgan fingerprint density at radius 3 is 2.36 bits per heavy atom. The van der Waals surface area contributed by atoms with Gasteiger partial charge in [0.25, 0.3) is 0 Å². The van der Waals surface area contributed by atoms with Crippen molar-refractivity contribution in [3.8, 4) is 11.5 Å². The van der Waals surface area contributed by atoms with Crippen LogP contribution in [-0.2, 0) is 6.61 Å². The van der Waals surface area contributed by atoms with Gasteiger partial charge in [0.15, 0.2) is 23.2 Å². The maximum absolute atomic E-state index is 15.0. The summed E-state index contributed by atoms with van der Waals surface area (Å²) in [7, 11) is 0. The van der Waals surface area contributed by atoms with Crippen molar-refractivity contribution in [2.75, 3.05) is 6.61 Å². The summed E-state index contributed by atoms with van der Waals surface area (Å²) in [5.74, 6) is -4.40. The summed E-state index contributed by atoms with van der Waals surface area (Å²) >= 11 is 0. The van der Waals surface area contributed by atoms with E-state index >= 15 is 0 Å². The van der Waals surface area contributed by atoms with Gasteiger partial charge in [-0.1, -0.05) is 44.4 Å². The third-order valence-corrected chi connectivity index (χ3v) is 7.22. The number of benzene rings is 3. The Labute approximate surface area is 226 Å². The van der Waals surface area contributed by atoms with Crippen LogP contribution >= 0.6 is 0 Å². The van der Waals surface area contributed by atoms with Gasteiger partial charge in [-0.25, -0.2) is 17.6 Å². The van der Waals surface area contributed by atoms with E-state index in [-0.39, 0.29) is 35.2 Å². The predicted molar refractivity (Wildman–Crippen MR) is 142 cm³/mol. The first-order chi connectivity index (χ1) is 18.8. The van der Waals surface area contributed by atoms with Crippen molar-refractivity contribution in [3.05, 3.63) is 99.9 Å². The van der Waals surface area contributed by atoms with Gasteiger partial charge in [0.1, 0.15) is 18.2 Å². The molecule has 0 amide bonds. The fourth-order valence-electron chi connectivity index (χ4n) is 4.85. The van der Waals surface area contributed by atoms with Gasteiger partial charge in [-0.3, -0.25) is 0 Å². The minimum Gasteiger partial charge on any atom is -0.490 e. The first-order valence-corrected chi connectivity index (χ1v) is 13.5. The molecule has 0 fully saturated rings. The fourth-order valence-corrected chi connectivity index (χ4v) is 4.85. The lowest BCUT2D eigenvalue weighted by Gasteiger charge is -2.23. The number of hydrogen-bond acceptors (Lipinski definition) is 2. The second-order valence-electron chi connectivity index (χ2n) is 9.99. The van der Waals surface area contributed by atoms with Gasteiger partial charge < -0.3 is 9.47 Å². The number of allylic oxidation sites excluding steroid dienone is 2. The van der Waals surface area contributed by atoms with Gasteiger partial charge in [0, 0.05) is 17.2 Å². The zero-order chi connectivity index (χ0) is 27.9. The molecule has 39 heavy (non-hydrogen) atoms. The summed E-state index contributed by atoms with van der Waals surface area (Å²) in [5.41, 5.74) is 1.78. The molecule has 1 atom stereocenters. The topological polar surface area (TPSA) is 18.5 Å². The Bertz CT molecular complexity index is 1330. The van der Waals surface area contributed by atoms with Crippen LogP contribution < -0.4 is 9.47 Å². The maximum Gasteiger partial charge on any atom is 0.201 e. The molecule has 1 aliphatic rings. The molecule has 4 rings (SSSR count). The molecule has 208 valence electrons. The average Bonchev–Trinajstić information content (AvgIpc) is 2.94. The molecule has 0 heterocycles. The summed E-state index contributed by atoms with van der Waals surface area (Å²) < 4.78 is 83.2. The number of unbranched alkanes of at least 4 members (excludes halogenated alkanes) is 3. The van der Waals surface area contributed by atoms with Crippen LogP contribution in [0.3, 0.4) is 0 Å². The van der Waals surface area contributed by atoms with E-state index in [0.717, 1.165) is 31.3 Å². The van der Waals surface area contributed by atoms with E-state index in [1.165, 1.54) is 25.1 Å². The largest absolute Gasteiger partial charge is 0.490 e. The average molecular weight is 545 g/mol. The smallest absolute Gasteiger partial charge is 0.201 e. The zero-order valence-electron chi connectivity index (χ0n) is 22.3. The standard InChI is InChI=1S/C32H33F5O2/c1-3-4-5-6-17-38-28-16-12-23(30(35)32(28)37)19-39-24-13-15-25(27(33)18-24)21-8-10-22(11-9-21)26-14-7-20(2)29(34)31(26)36/h7-8,12-16,18,22H,3-6,9-11,17,19H2,1-2H3. The summed E-state index contributed by atoms with van der Waals surface area (Å²) in [5, 5.41) is 0. The normalized spacial score (nSPS) is 15.3. The van der Waals surface area contributed by atoms with Gasteiger partial charge in [-0.05, 0) is 79.5 Å². The van der Waals surface area contributed by atoms with Gasteiger partial charge in [-0.2, -0.15) is 4.39 Å². The molecular weight excluding hydrogens is 511 g/mol. The molecular formula is C32H33F5O2. The van der Waals surface area contributed by atoms with E-state index < -0.39 is 29.1 Å². The number of hydrogen-bond donors (Lipinski definition) is 0. The summed E-state index contributed by atoms with van der Waals surface area (Å²) in [6, 6.07) is 10.3. The zero-order valence-corrected chi connectivity index (χ0v) is 22.3. The minimum atomic E-state index is -1.07. The first kappa shape index (κ1) is 28.7. The first-order valence-electron chi connectivity index (χ1n) is 13.5. The number of aryl methyl sites for hydroxylation is 1. The molecule has 0 spiro atoms.